The second-order valence-electron chi connectivity index (χ2n) is 2.41. The van der Waals surface area contributed by atoms with Gasteiger partial charge in [0.05, 0.1) is 0 Å². The van der Waals surface area contributed by atoms with E-state index < -0.39 is 0 Å². The highest BCUT2D eigenvalue weighted by atomic mass is 14.4. The van der Waals surface area contributed by atoms with Crippen molar-refractivity contribution in [1.82, 2.24) is 0 Å². The van der Waals surface area contributed by atoms with Crippen molar-refractivity contribution in [2.75, 3.05) is 0 Å². The molecular weight excluding hydrogens is 72.1 g/mol. The average molecular weight is 80.1 g/mol. The molecule has 0 aliphatic heterocycles. The molecule has 0 nitrogen and oxygen atoms in total. The predicted molar refractivity (Wildman–Crippen MR) is 25.4 cm³/mol. The van der Waals surface area contributed by atoms with Gasteiger partial charge in [0.2, 0.25) is 0 Å². The van der Waals surface area contributed by atoms with Crippen LogP contribution < -0.4 is 0 Å². The lowest BCUT2D eigenvalue weighted by atomic mass is 10.0. The molecule has 1 saturated carbocycles. The van der Waals surface area contributed by atoms with Gasteiger partial charge in [0, 0.05) is 0 Å². The number of hydrogen-bond acceptors (Lipinski definition) is 0. The Bertz CT molecular complexity index is 120. The van der Waals surface area contributed by atoms with Gasteiger partial charge in [0.1, 0.15) is 0 Å². The molecule has 0 radical (unpaired) electrons. The van der Waals surface area contributed by atoms with Gasteiger partial charge in [-0.05, 0) is 25.7 Å². The molecule has 0 aromatic rings. The molecule has 0 aromatic heterocycles. The average Bonchev–Trinajstić information content (AvgIpc) is 2.12. The first-order valence-corrected chi connectivity index (χ1v) is 2.56. The van der Waals surface area contributed by atoms with Crippen molar-refractivity contribution in [2.24, 2.45) is 5.92 Å². The molecule has 0 saturated heterocycles. The van der Waals surface area contributed by atoms with Gasteiger partial charge in [-0.3, -0.25) is 0 Å². The highest BCUT2D eigenvalue weighted by Gasteiger charge is 2.39. The smallest absolute Gasteiger partial charge is 0.0126 e. The lowest BCUT2D eigenvalue weighted by Gasteiger charge is -2.04. The third-order valence-corrected chi connectivity index (χ3v) is 1.90. The van der Waals surface area contributed by atoms with Gasteiger partial charge in [-0.1, -0.05) is 11.1 Å². The van der Waals surface area contributed by atoms with Crippen LogP contribution in [0.25, 0.3) is 0 Å². The minimum Gasteiger partial charge on any atom is -0.0732 e. The molecule has 1 fully saturated rings. The summed E-state index contributed by atoms with van der Waals surface area (Å²) < 4.78 is 0. The first kappa shape index (κ1) is 2.84. The SMILES string of the molecule is CC1=C2CC2C1. The van der Waals surface area contributed by atoms with Crippen molar-refractivity contribution in [2.45, 2.75) is 19.8 Å². The van der Waals surface area contributed by atoms with Crippen LogP contribution in [0, 0.1) is 5.92 Å². The number of hydrogen-bond donors (Lipinski definition) is 0. The zero-order valence-corrected chi connectivity index (χ0v) is 3.99. The summed E-state index contributed by atoms with van der Waals surface area (Å²) in [5.41, 5.74) is 3.45. The summed E-state index contributed by atoms with van der Waals surface area (Å²) >= 11 is 0. The van der Waals surface area contributed by atoms with Gasteiger partial charge in [-0.15, -0.1) is 0 Å². The summed E-state index contributed by atoms with van der Waals surface area (Å²) in [5.74, 6) is 1.09. The van der Waals surface area contributed by atoms with E-state index in [4.69, 9.17) is 0 Å². The number of allylic oxidation sites excluding steroid dienone is 2. The molecule has 2 aliphatic carbocycles. The molecule has 2 rings (SSSR count). The Hall–Kier alpha value is -0.260. The maximum absolute atomic E-state index is 2.25. The topological polar surface area (TPSA) is 0 Å². The van der Waals surface area contributed by atoms with Crippen LogP contribution in [0.1, 0.15) is 19.8 Å². The van der Waals surface area contributed by atoms with E-state index in [-0.39, 0.29) is 0 Å². The zero-order valence-electron chi connectivity index (χ0n) is 3.99. The standard InChI is InChI=1S/C6H8/c1-4-2-5-3-6(4)5/h5H,2-3H2,1H3. The van der Waals surface area contributed by atoms with Crippen LogP contribution in [0.4, 0.5) is 0 Å². The predicted octanol–water partition coefficient (Wildman–Crippen LogP) is 1.73. The summed E-state index contributed by atoms with van der Waals surface area (Å²) in [6, 6.07) is 0. The minimum absolute atomic E-state index is 1.09. The largest absolute Gasteiger partial charge is 0.0732 e. The van der Waals surface area contributed by atoms with E-state index in [0.717, 1.165) is 5.92 Å². The fourth-order valence-corrected chi connectivity index (χ4v) is 1.29. The Kier molecular flexibility index (Phi) is 0.272. The van der Waals surface area contributed by atoms with Crippen molar-refractivity contribution in [1.29, 1.82) is 0 Å². The first-order valence-electron chi connectivity index (χ1n) is 2.56. The normalized spacial score (nSPS) is 38.5. The van der Waals surface area contributed by atoms with Crippen LogP contribution in [0.5, 0.6) is 0 Å². The number of fused-ring (bicyclic) bond motifs is 1. The number of rotatable bonds is 0. The van der Waals surface area contributed by atoms with E-state index >= 15 is 0 Å². The first-order chi connectivity index (χ1) is 2.88. The van der Waals surface area contributed by atoms with Crippen molar-refractivity contribution in [3.8, 4) is 0 Å². The second-order valence-corrected chi connectivity index (χ2v) is 2.41. The van der Waals surface area contributed by atoms with Crippen LogP contribution in [0.3, 0.4) is 0 Å². The Morgan fingerprint density at radius 2 is 2.33 bits per heavy atom. The summed E-state index contributed by atoms with van der Waals surface area (Å²) in [6.45, 7) is 2.25. The van der Waals surface area contributed by atoms with E-state index in [2.05, 4.69) is 6.92 Å². The lowest BCUT2D eigenvalue weighted by molar-refractivity contribution is 0.791. The summed E-state index contributed by atoms with van der Waals surface area (Å²) in [7, 11) is 0. The fourth-order valence-electron chi connectivity index (χ4n) is 1.29. The molecule has 1 atom stereocenters. The molecular formula is C6H8. The van der Waals surface area contributed by atoms with E-state index in [1.54, 1.807) is 11.1 Å². The van der Waals surface area contributed by atoms with Gasteiger partial charge < -0.3 is 0 Å². The van der Waals surface area contributed by atoms with Crippen molar-refractivity contribution in [3.63, 3.8) is 0 Å². The summed E-state index contributed by atoms with van der Waals surface area (Å²) in [6.07, 6.45) is 2.88. The van der Waals surface area contributed by atoms with E-state index in [1.807, 2.05) is 0 Å². The van der Waals surface area contributed by atoms with Crippen molar-refractivity contribution in [3.05, 3.63) is 11.1 Å². The Morgan fingerprint density at radius 3 is 2.33 bits per heavy atom. The lowest BCUT2D eigenvalue weighted by Crippen LogP contribution is -1.88. The van der Waals surface area contributed by atoms with Crippen LogP contribution in [-0.4, -0.2) is 0 Å². The molecule has 0 heterocycles. The molecule has 0 aromatic carbocycles. The molecule has 0 amide bonds. The van der Waals surface area contributed by atoms with Crippen LogP contribution in [0.15, 0.2) is 11.1 Å². The van der Waals surface area contributed by atoms with Crippen molar-refractivity contribution < 1.29 is 0 Å². The highest BCUT2D eigenvalue weighted by molar-refractivity contribution is 5.39. The molecule has 32 valence electrons. The summed E-state index contributed by atoms with van der Waals surface area (Å²) in [5, 5.41) is 0. The van der Waals surface area contributed by atoms with E-state index in [0.29, 0.717) is 0 Å². The summed E-state index contributed by atoms with van der Waals surface area (Å²) in [4.78, 5) is 0. The minimum atomic E-state index is 1.09. The monoisotopic (exact) mass is 80.1 g/mol. The molecule has 6 heavy (non-hydrogen) atoms. The Balaban J connectivity index is 2.47. The van der Waals surface area contributed by atoms with Gasteiger partial charge in [-0.2, -0.15) is 0 Å². The molecule has 2 aliphatic rings. The molecule has 0 N–H and O–H groups in total. The zero-order chi connectivity index (χ0) is 4.15. The second kappa shape index (κ2) is 0.575. The van der Waals surface area contributed by atoms with Gasteiger partial charge in [-0.25, -0.2) is 0 Å². The third-order valence-electron chi connectivity index (χ3n) is 1.90. The molecule has 1 unspecified atom stereocenters. The van der Waals surface area contributed by atoms with Gasteiger partial charge in [0.25, 0.3) is 0 Å². The molecule has 0 spiro atoms. The highest BCUT2D eigenvalue weighted by Crippen LogP contribution is 2.54. The van der Waals surface area contributed by atoms with Gasteiger partial charge in [0.15, 0.2) is 0 Å². The maximum atomic E-state index is 2.25. The van der Waals surface area contributed by atoms with Crippen LogP contribution in [-0.2, 0) is 0 Å². The third kappa shape index (κ3) is 0.149. The van der Waals surface area contributed by atoms with E-state index in [1.165, 1.54) is 12.8 Å². The molecule has 0 heteroatoms. The maximum Gasteiger partial charge on any atom is -0.0126 e. The fraction of sp³-hybridized carbons (Fsp3) is 0.667. The van der Waals surface area contributed by atoms with Crippen LogP contribution in [0.2, 0.25) is 0 Å². The quantitative estimate of drug-likeness (QED) is 0.389. The Morgan fingerprint density at radius 1 is 1.50 bits per heavy atom. The molecule has 0 bridgehead atoms. The Labute approximate surface area is 37.9 Å². The van der Waals surface area contributed by atoms with Crippen molar-refractivity contribution >= 4 is 0 Å². The van der Waals surface area contributed by atoms with Gasteiger partial charge >= 0.3 is 0 Å². The van der Waals surface area contributed by atoms with E-state index in [9.17, 15) is 0 Å². The van der Waals surface area contributed by atoms with Crippen LogP contribution >= 0.6 is 0 Å².